The first-order valence-corrected chi connectivity index (χ1v) is 8.81. The molecule has 1 N–H and O–H groups in total. The fourth-order valence-electron chi connectivity index (χ4n) is 3.43. The Morgan fingerprint density at radius 1 is 1.15 bits per heavy atom. The smallest absolute Gasteiger partial charge is 0.305 e. The van der Waals surface area contributed by atoms with Crippen molar-refractivity contribution in [2.45, 2.75) is 12.5 Å². The quantitative estimate of drug-likeness (QED) is 0.835. The largest absolute Gasteiger partial charge is 0.481 e. The van der Waals surface area contributed by atoms with E-state index in [2.05, 4.69) is 0 Å². The molecule has 1 heterocycles. The molecule has 0 aliphatic carbocycles. The molecule has 1 aliphatic rings. The van der Waals surface area contributed by atoms with Crippen molar-refractivity contribution in [3.05, 3.63) is 48.0 Å². The van der Waals surface area contributed by atoms with E-state index < -0.39 is 18.4 Å². The number of benzene rings is 2. The molecule has 7 heteroatoms. The molecule has 1 saturated heterocycles. The van der Waals surface area contributed by atoms with Crippen LogP contribution in [0.4, 0.5) is 0 Å². The number of hydrogen-bond acceptors (Lipinski definition) is 4. The number of hydrogen-bond donors (Lipinski definition) is 1. The lowest BCUT2D eigenvalue weighted by atomic mass is 10.0. The zero-order valence-corrected chi connectivity index (χ0v) is 15.1. The van der Waals surface area contributed by atoms with Crippen LogP contribution in [0.2, 0.25) is 0 Å². The van der Waals surface area contributed by atoms with Crippen LogP contribution in [-0.2, 0) is 14.3 Å². The van der Waals surface area contributed by atoms with Gasteiger partial charge in [0.25, 0.3) is 5.91 Å². The Bertz CT molecular complexity index is 861. The topological polar surface area (TPSA) is 87.2 Å². The highest BCUT2D eigenvalue weighted by Gasteiger charge is 2.39. The van der Waals surface area contributed by atoms with Crippen LogP contribution >= 0.6 is 0 Å². The highest BCUT2D eigenvalue weighted by Crippen LogP contribution is 2.23. The number of rotatable bonds is 6. The lowest BCUT2D eigenvalue weighted by Gasteiger charge is -2.40. The third kappa shape index (κ3) is 3.93. The van der Waals surface area contributed by atoms with Gasteiger partial charge < -0.3 is 19.6 Å². The first-order valence-electron chi connectivity index (χ1n) is 8.81. The molecule has 0 radical (unpaired) electrons. The molecule has 0 spiro atoms. The minimum Gasteiger partial charge on any atom is -0.481 e. The van der Waals surface area contributed by atoms with Gasteiger partial charge in [-0.05, 0) is 16.8 Å². The highest BCUT2D eigenvalue weighted by atomic mass is 16.5. The standard InChI is InChI=1S/C20H22N2O5/c1-27-12-11-21-9-10-22(17(20(21)26)13-18(23)24)19(25)16-8-4-6-14-5-2-3-7-15(14)16/h2-8,17H,9-13H2,1H3,(H,23,24). The summed E-state index contributed by atoms with van der Waals surface area (Å²) in [6, 6.07) is 11.9. The van der Waals surface area contributed by atoms with E-state index in [0.717, 1.165) is 10.8 Å². The Hall–Kier alpha value is -2.93. The van der Waals surface area contributed by atoms with Gasteiger partial charge in [0, 0.05) is 32.3 Å². The van der Waals surface area contributed by atoms with Crippen LogP contribution in [0.3, 0.4) is 0 Å². The first kappa shape index (κ1) is 18.8. The molecule has 1 unspecified atom stereocenters. The number of fused-ring (bicyclic) bond motifs is 1. The van der Waals surface area contributed by atoms with Crippen molar-refractivity contribution in [2.24, 2.45) is 0 Å². The number of carbonyl (C=O) groups excluding carboxylic acids is 2. The number of aliphatic carboxylic acids is 1. The van der Waals surface area contributed by atoms with Gasteiger partial charge >= 0.3 is 5.97 Å². The van der Waals surface area contributed by atoms with E-state index in [-0.39, 0.29) is 18.4 Å². The molecule has 0 saturated carbocycles. The third-order valence-electron chi connectivity index (χ3n) is 4.80. The molecule has 142 valence electrons. The molecular formula is C20H22N2O5. The molecule has 3 rings (SSSR count). The van der Waals surface area contributed by atoms with Crippen molar-refractivity contribution in [1.82, 2.24) is 9.80 Å². The van der Waals surface area contributed by atoms with E-state index in [9.17, 15) is 19.5 Å². The summed E-state index contributed by atoms with van der Waals surface area (Å²) >= 11 is 0. The Balaban J connectivity index is 1.92. The highest BCUT2D eigenvalue weighted by molar-refractivity contribution is 6.08. The average molecular weight is 370 g/mol. The number of piperazine rings is 1. The normalized spacial score (nSPS) is 17.4. The van der Waals surface area contributed by atoms with Crippen molar-refractivity contribution in [2.75, 3.05) is 33.4 Å². The van der Waals surface area contributed by atoms with Crippen molar-refractivity contribution in [1.29, 1.82) is 0 Å². The number of amides is 2. The van der Waals surface area contributed by atoms with Crippen molar-refractivity contribution < 1.29 is 24.2 Å². The van der Waals surface area contributed by atoms with Gasteiger partial charge in [0.2, 0.25) is 5.91 Å². The Morgan fingerprint density at radius 3 is 2.63 bits per heavy atom. The van der Waals surface area contributed by atoms with Crippen LogP contribution in [0.25, 0.3) is 10.8 Å². The van der Waals surface area contributed by atoms with E-state index >= 15 is 0 Å². The monoisotopic (exact) mass is 370 g/mol. The fraction of sp³-hybridized carbons (Fsp3) is 0.350. The van der Waals surface area contributed by atoms with Gasteiger partial charge in [-0.1, -0.05) is 36.4 Å². The van der Waals surface area contributed by atoms with Crippen LogP contribution in [0.5, 0.6) is 0 Å². The van der Waals surface area contributed by atoms with E-state index in [1.54, 1.807) is 24.1 Å². The second-order valence-electron chi connectivity index (χ2n) is 6.46. The van der Waals surface area contributed by atoms with Gasteiger partial charge in [0.15, 0.2) is 0 Å². The number of carboxylic acids is 1. The maximum absolute atomic E-state index is 13.2. The van der Waals surface area contributed by atoms with Gasteiger partial charge in [-0.25, -0.2) is 0 Å². The zero-order chi connectivity index (χ0) is 19.4. The second-order valence-corrected chi connectivity index (χ2v) is 6.46. The molecule has 27 heavy (non-hydrogen) atoms. The number of carbonyl (C=O) groups is 3. The molecule has 0 bridgehead atoms. The minimum absolute atomic E-state index is 0.287. The number of methoxy groups -OCH3 is 1. The molecule has 1 atom stereocenters. The minimum atomic E-state index is -1.11. The summed E-state index contributed by atoms with van der Waals surface area (Å²) in [5, 5.41) is 11.0. The molecule has 7 nitrogen and oxygen atoms in total. The second kappa shape index (κ2) is 8.18. The van der Waals surface area contributed by atoms with Crippen LogP contribution in [-0.4, -0.2) is 72.1 Å². The van der Waals surface area contributed by atoms with Crippen molar-refractivity contribution in [3.8, 4) is 0 Å². The summed E-state index contributed by atoms with van der Waals surface area (Å²) in [6.07, 6.45) is -0.418. The summed E-state index contributed by atoms with van der Waals surface area (Å²) in [5.74, 6) is -1.79. The zero-order valence-electron chi connectivity index (χ0n) is 15.1. The van der Waals surface area contributed by atoms with Crippen LogP contribution in [0.1, 0.15) is 16.8 Å². The predicted molar refractivity (Wildman–Crippen MR) is 99.5 cm³/mol. The van der Waals surface area contributed by atoms with Gasteiger partial charge in [0.1, 0.15) is 6.04 Å². The van der Waals surface area contributed by atoms with E-state index in [1.807, 2.05) is 30.3 Å². The van der Waals surface area contributed by atoms with E-state index in [1.165, 1.54) is 4.90 Å². The summed E-state index contributed by atoms with van der Waals surface area (Å²) in [7, 11) is 1.54. The average Bonchev–Trinajstić information content (AvgIpc) is 2.67. The molecule has 2 amide bonds. The maximum Gasteiger partial charge on any atom is 0.305 e. The third-order valence-corrected chi connectivity index (χ3v) is 4.80. The van der Waals surface area contributed by atoms with Gasteiger partial charge in [-0.15, -0.1) is 0 Å². The Morgan fingerprint density at radius 2 is 1.89 bits per heavy atom. The summed E-state index contributed by atoms with van der Waals surface area (Å²) < 4.78 is 5.01. The molecule has 0 aromatic heterocycles. The fourth-order valence-corrected chi connectivity index (χ4v) is 3.43. The number of carboxylic acid groups (broad SMARTS) is 1. The molecule has 1 fully saturated rings. The Kier molecular flexibility index (Phi) is 5.71. The van der Waals surface area contributed by atoms with Crippen LogP contribution in [0, 0.1) is 0 Å². The van der Waals surface area contributed by atoms with E-state index in [4.69, 9.17) is 4.74 Å². The molecule has 2 aromatic carbocycles. The summed E-state index contributed by atoms with van der Waals surface area (Å²) in [5.41, 5.74) is 0.474. The van der Waals surface area contributed by atoms with E-state index in [0.29, 0.717) is 25.3 Å². The van der Waals surface area contributed by atoms with Crippen LogP contribution < -0.4 is 0 Å². The number of nitrogens with zero attached hydrogens (tertiary/aromatic N) is 2. The van der Waals surface area contributed by atoms with Gasteiger partial charge in [0.05, 0.1) is 13.0 Å². The Labute approximate surface area is 157 Å². The molecule has 1 aliphatic heterocycles. The predicted octanol–water partition coefficient (Wildman–Crippen LogP) is 1.61. The SMILES string of the molecule is COCCN1CCN(C(=O)c2cccc3ccccc23)C(CC(=O)O)C1=O. The van der Waals surface area contributed by atoms with Crippen molar-refractivity contribution in [3.63, 3.8) is 0 Å². The van der Waals surface area contributed by atoms with Crippen LogP contribution in [0.15, 0.2) is 42.5 Å². The van der Waals surface area contributed by atoms with Crippen molar-refractivity contribution >= 4 is 28.6 Å². The first-order chi connectivity index (χ1) is 13.0. The van der Waals surface area contributed by atoms with Gasteiger partial charge in [-0.3, -0.25) is 14.4 Å². The molecular weight excluding hydrogens is 348 g/mol. The number of ether oxygens (including phenoxy) is 1. The summed E-state index contributed by atoms with van der Waals surface area (Å²) in [6.45, 7) is 1.38. The lowest BCUT2D eigenvalue weighted by Crippen LogP contribution is -2.59. The lowest BCUT2D eigenvalue weighted by molar-refractivity contribution is -0.148. The summed E-state index contributed by atoms with van der Waals surface area (Å²) in [4.78, 5) is 40.3. The molecule has 2 aromatic rings. The van der Waals surface area contributed by atoms with Gasteiger partial charge in [-0.2, -0.15) is 0 Å². The maximum atomic E-state index is 13.2.